The summed E-state index contributed by atoms with van der Waals surface area (Å²) in [7, 11) is 0. The topological polar surface area (TPSA) is 32.8 Å². The molecule has 25 heavy (non-hydrogen) atoms. The van der Waals surface area contributed by atoms with E-state index in [0.717, 1.165) is 51.0 Å². The zero-order valence-corrected chi connectivity index (χ0v) is 15.6. The molecule has 0 radical (unpaired) electrons. The third kappa shape index (κ3) is 3.62. The summed E-state index contributed by atoms with van der Waals surface area (Å²) in [6.07, 6.45) is 12.9. The van der Waals surface area contributed by atoms with Crippen molar-refractivity contribution < 1.29 is 9.53 Å². The Morgan fingerprint density at radius 1 is 0.880 bits per heavy atom. The van der Waals surface area contributed by atoms with Crippen molar-refractivity contribution in [2.24, 2.45) is 17.8 Å². The van der Waals surface area contributed by atoms with Crippen molar-refractivity contribution >= 4 is 5.91 Å². The van der Waals surface area contributed by atoms with E-state index in [4.69, 9.17) is 4.74 Å². The number of carbonyl (C=O) groups is 1. The largest absolute Gasteiger partial charge is 0.380 e. The first-order valence-electron chi connectivity index (χ1n) is 10.9. The Morgan fingerprint density at radius 2 is 1.60 bits per heavy atom. The van der Waals surface area contributed by atoms with Crippen LogP contribution >= 0.6 is 0 Å². The maximum Gasteiger partial charge on any atom is 0.225 e. The summed E-state index contributed by atoms with van der Waals surface area (Å²) in [5, 5.41) is 0. The molecule has 2 aliphatic heterocycles. The van der Waals surface area contributed by atoms with Gasteiger partial charge < -0.3 is 9.64 Å². The third-order valence-corrected chi connectivity index (χ3v) is 7.44. The minimum atomic E-state index is 0.372. The molecule has 1 atom stereocenters. The van der Waals surface area contributed by atoms with Crippen molar-refractivity contribution in [3.05, 3.63) is 0 Å². The molecule has 5 fully saturated rings. The number of rotatable bonds is 7. The molecular formula is C21H34N2O2. The Hall–Kier alpha value is -0.610. The van der Waals surface area contributed by atoms with Crippen LogP contribution in [0.2, 0.25) is 0 Å². The molecule has 2 saturated heterocycles. The van der Waals surface area contributed by atoms with Gasteiger partial charge in [-0.3, -0.25) is 9.69 Å². The van der Waals surface area contributed by atoms with Gasteiger partial charge in [0, 0.05) is 43.7 Å². The van der Waals surface area contributed by atoms with Crippen LogP contribution in [0.25, 0.3) is 0 Å². The van der Waals surface area contributed by atoms with Crippen molar-refractivity contribution in [3.8, 4) is 0 Å². The molecular weight excluding hydrogens is 312 g/mol. The molecule has 4 nitrogen and oxygen atoms in total. The van der Waals surface area contributed by atoms with Gasteiger partial charge >= 0.3 is 0 Å². The number of likely N-dealkylation sites (tertiary alicyclic amines) is 2. The van der Waals surface area contributed by atoms with Gasteiger partial charge in [0.25, 0.3) is 0 Å². The fraction of sp³-hybridized carbons (Fsp3) is 0.952. The van der Waals surface area contributed by atoms with Crippen LogP contribution < -0.4 is 0 Å². The van der Waals surface area contributed by atoms with Gasteiger partial charge in [-0.25, -0.2) is 0 Å². The fourth-order valence-corrected chi connectivity index (χ4v) is 5.14. The van der Waals surface area contributed by atoms with Crippen molar-refractivity contribution in [1.29, 1.82) is 0 Å². The van der Waals surface area contributed by atoms with Crippen molar-refractivity contribution in [2.75, 3.05) is 32.8 Å². The van der Waals surface area contributed by atoms with E-state index < -0.39 is 0 Å². The van der Waals surface area contributed by atoms with E-state index in [1.165, 1.54) is 57.9 Å². The lowest BCUT2D eigenvalue weighted by Gasteiger charge is -2.47. The first-order valence-corrected chi connectivity index (χ1v) is 10.9. The Kier molecular flexibility index (Phi) is 4.32. The highest BCUT2D eigenvalue weighted by molar-refractivity contribution is 5.81. The lowest BCUT2D eigenvalue weighted by molar-refractivity contribution is -0.135. The standard InChI is InChI=1S/C21H34N2O2/c24-20(18-5-6-18)22-11-9-21(10-12-22)8-7-19(15-25-14-17-3-4-17)23(21)13-16-1-2-16/h16-19H,1-15H2. The smallest absolute Gasteiger partial charge is 0.225 e. The lowest BCUT2D eigenvalue weighted by Crippen LogP contribution is -2.56. The maximum absolute atomic E-state index is 12.4. The van der Waals surface area contributed by atoms with Gasteiger partial charge in [-0.2, -0.15) is 0 Å². The minimum absolute atomic E-state index is 0.372. The molecule has 3 saturated carbocycles. The molecule has 0 bridgehead atoms. The molecule has 1 unspecified atom stereocenters. The summed E-state index contributed by atoms with van der Waals surface area (Å²) >= 11 is 0. The first-order chi connectivity index (χ1) is 12.2. The van der Waals surface area contributed by atoms with E-state index in [1.54, 1.807) is 0 Å². The van der Waals surface area contributed by atoms with Gasteiger partial charge in [0.15, 0.2) is 0 Å². The number of carbonyl (C=O) groups excluding carboxylic acids is 1. The molecule has 3 aliphatic carbocycles. The number of piperidine rings is 1. The predicted molar refractivity (Wildman–Crippen MR) is 97.3 cm³/mol. The summed E-state index contributed by atoms with van der Waals surface area (Å²) < 4.78 is 6.10. The first kappa shape index (κ1) is 16.6. The molecule has 1 spiro atoms. The molecule has 5 rings (SSSR count). The molecule has 4 heteroatoms. The molecule has 0 aromatic heterocycles. The Morgan fingerprint density at radius 3 is 2.24 bits per heavy atom. The molecule has 1 amide bonds. The summed E-state index contributed by atoms with van der Waals surface area (Å²) in [5.74, 6) is 2.63. The Bertz CT molecular complexity index is 502. The third-order valence-electron chi connectivity index (χ3n) is 7.44. The van der Waals surface area contributed by atoms with Crippen LogP contribution in [0.5, 0.6) is 0 Å². The monoisotopic (exact) mass is 346 g/mol. The average molecular weight is 347 g/mol. The molecule has 0 aromatic rings. The zero-order chi connectivity index (χ0) is 16.9. The second-order valence-electron chi connectivity index (χ2n) is 9.59. The van der Waals surface area contributed by atoms with Gasteiger partial charge in [-0.05, 0) is 76.0 Å². The van der Waals surface area contributed by atoms with Crippen molar-refractivity contribution in [3.63, 3.8) is 0 Å². The van der Waals surface area contributed by atoms with Crippen LogP contribution in [-0.4, -0.2) is 60.1 Å². The highest BCUT2D eigenvalue weighted by Gasteiger charge is 2.50. The number of hydrogen-bond acceptors (Lipinski definition) is 3. The minimum Gasteiger partial charge on any atom is -0.380 e. The molecule has 0 N–H and O–H groups in total. The number of nitrogens with zero attached hydrogens (tertiary/aromatic N) is 2. The van der Waals surface area contributed by atoms with Gasteiger partial charge in [-0.15, -0.1) is 0 Å². The normalized spacial score (nSPS) is 32.5. The SMILES string of the molecule is O=C(C1CC1)N1CCC2(CCC(COCC3CC3)N2CC2CC2)CC1. The summed E-state index contributed by atoms with van der Waals surface area (Å²) in [6, 6.07) is 0.630. The molecule has 5 aliphatic rings. The van der Waals surface area contributed by atoms with Crippen LogP contribution in [0.3, 0.4) is 0 Å². The van der Waals surface area contributed by atoms with Crippen molar-refractivity contribution in [1.82, 2.24) is 9.80 Å². The van der Waals surface area contributed by atoms with Gasteiger partial charge in [0.1, 0.15) is 0 Å². The second kappa shape index (κ2) is 6.53. The average Bonchev–Trinajstić information content (AvgIpc) is 3.46. The second-order valence-corrected chi connectivity index (χ2v) is 9.59. The van der Waals surface area contributed by atoms with E-state index in [9.17, 15) is 4.79 Å². The number of hydrogen-bond donors (Lipinski definition) is 0. The highest BCUT2D eigenvalue weighted by atomic mass is 16.5. The van der Waals surface area contributed by atoms with E-state index in [2.05, 4.69) is 9.80 Å². The van der Waals surface area contributed by atoms with E-state index in [-0.39, 0.29) is 0 Å². The summed E-state index contributed by atoms with van der Waals surface area (Å²) in [5.41, 5.74) is 0.372. The number of amides is 1. The number of ether oxygens (including phenoxy) is 1. The van der Waals surface area contributed by atoms with Crippen LogP contribution in [0.15, 0.2) is 0 Å². The van der Waals surface area contributed by atoms with Crippen LogP contribution in [0.1, 0.15) is 64.2 Å². The van der Waals surface area contributed by atoms with Crippen LogP contribution in [0.4, 0.5) is 0 Å². The van der Waals surface area contributed by atoms with Crippen LogP contribution in [-0.2, 0) is 9.53 Å². The zero-order valence-electron chi connectivity index (χ0n) is 15.6. The Labute approximate surface area is 152 Å². The molecule has 0 aromatic carbocycles. The van der Waals surface area contributed by atoms with Crippen LogP contribution in [0, 0.1) is 17.8 Å². The highest BCUT2D eigenvalue weighted by Crippen LogP contribution is 2.45. The van der Waals surface area contributed by atoms with E-state index in [1.807, 2.05) is 0 Å². The van der Waals surface area contributed by atoms with Gasteiger partial charge in [0.2, 0.25) is 5.91 Å². The molecule has 2 heterocycles. The van der Waals surface area contributed by atoms with Crippen molar-refractivity contribution in [2.45, 2.75) is 75.8 Å². The fourth-order valence-electron chi connectivity index (χ4n) is 5.14. The summed E-state index contributed by atoms with van der Waals surface area (Å²) in [6.45, 7) is 5.20. The Balaban J connectivity index is 1.20. The van der Waals surface area contributed by atoms with Gasteiger partial charge in [-0.1, -0.05) is 0 Å². The van der Waals surface area contributed by atoms with E-state index >= 15 is 0 Å². The lowest BCUT2D eigenvalue weighted by atomic mass is 9.84. The van der Waals surface area contributed by atoms with Gasteiger partial charge in [0.05, 0.1) is 6.61 Å². The summed E-state index contributed by atoms with van der Waals surface area (Å²) in [4.78, 5) is 17.4. The predicted octanol–water partition coefficient (Wildman–Crippen LogP) is 3.06. The molecule has 140 valence electrons. The maximum atomic E-state index is 12.4. The quantitative estimate of drug-likeness (QED) is 0.710. The van der Waals surface area contributed by atoms with E-state index in [0.29, 0.717) is 23.4 Å².